The molecule has 1 amide bonds. The van der Waals surface area contributed by atoms with E-state index in [1.165, 1.54) is 9.36 Å². The normalized spacial score (nSPS) is 22.2. The van der Waals surface area contributed by atoms with Gasteiger partial charge in [-0.05, 0) is 79.7 Å². The SMILES string of the molecule is C[C@H]1[C@H]([Si](C)(C)F)[C@@H](CCO)O[C@]12C(=O)N(Cc1cccc(-n3[nH]c4ccccc4c3=O)c1)c1ccc(-n3[nH]c4ccccc4c3=O)cc12. The number of nitrogens with one attached hydrogen (secondary N) is 2. The quantitative estimate of drug-likeness (QED) is 0.149. The van der Waals surface area contributed by atoms with Gasteiger partial charge in [0.05, 0.1) is 51.5 Å². The zero-order valence-corrected chi connectivity index (χ0v) is 28.3. The molecule has 2 aromatic heterocycles. The van der Waals surface area contributed by atoms with Crippen molar-refractivity contribution in [2.24, 2.45) is 5.92 Å². The Labute approximate surface area is 281 Å². The molecular formula is C37H36FN5O5Si. The van der Waals surface area contributed by atoms with Gasteiger partial charge in [-0.15, -0.1) is 0 Å². The second-order valence-electron chi connectivity index (χ2n) is 13.6. The second-order valence-corrected chi connectivity index (χ2v) is 17.4. The van der Waals surface area contributed by atoms with Gasteiger partial charge in [-0.3, -0.25) is 24.6 Å². The Kier molecular flexibility index (Phi) is 7.18. The number of hydrogen-bond acceptors (Lipinski definition) is 5. The standard InChI is InChI=1S/C37H36FN5O5Si/c1-22-33(49(2,3)38)32(17-18-44)48-37(22)28-20-25(43-35(46)27-12-5-7-14-30(27)40-43)15-16-31(28)41(36(37)47)21-23-9-8-10-24(19-23)42-34(45)26-11-4-6-13-29(26)39-42/h4-16,19-20,22,32-33,39-40,44H,17-18,21H2,1-3H3/t22-,32+,33-,37+/m0/s1. The number of rotatable bonds is 7. The first kappa shape index (κ1) is 31.2. The van der Waals surface area contributed by atoms with Crippen molar-refractivity contribution >= 4 is 41.8 Å². The summed E-state index contributed by atoms with van der Waals surface area (Å²) in [5, 5.41) is 17.4. The van der Waals surface area contributed by atoms with E-state index in [-0.39, 0.29) is 36.6 Å². The number of aliphatic hydroxyl groups is 1. The molecule has 4 heterocycles. The number of carbonyl (C=O) groups excluding carboxylic acids is 1. The van der Waals surface area contributed by atoms with Gasteiger partial charge in [0.15, 0.2) is 5.60 Å². The van der Waals surface area contributed by atoms with Gasteiger partial charge in [-0.25, -0.2) is 9.36 Å². The highest BCUT2D eigenvalue weighted by atomic mass is 28.4. The summed E-state index contributed by atoms with van der Waals surface area (Å²) < 4.78 is 25.8. The Morgan fingerprint density at radius 3 is 2.04 bits per heavy atom. The molecule has 4 atom stereocenters. The number of H-pyrrole nitrogens is 2. The van der Waals surface area contributed by atoms with Crippen LogP contribution in [0.3, 0.4) is 0 Å². The zero-order valence-electron chi connectivity index (χ0n) is 27.3. The summed E-state index contributed by atoms with van der Waals surface area (Å²) in [5.74, 6) is -0.883. The van der Waals surface area contributed by atoms with Gasteiger partial charge in [0.2, 0.25) is 8.41 Å². The smallest absolute Gasteiger partial charge is 0.279 e. The fourth-order valence-corrected chi connectivity index (χ4v) is 10.7. The largest absolute Gasteiger partial charge is 0.396 e. The van der Waals surface area contributed by atoms with Crippen LogP contribution in [0.1, 0.15) is 24.5 Å². The summed E-state index contributed by atoms with van der Waals surface area (Å²) >= 11 is 0. The van der Waals surface area contributed by atoms with Crippen LogP contribution in [0.15, 0.2) is 101 Å². The van der Waals surface area contributed by atoms with Crippen LogP contribution >= 0.6 is 0 Å². The van der Waals surface area contributed by atoms with Crippen LogP contribution in [0.2, 0.25) is 18.6 Å². The van der Waals surface area contributed by atoms with Crippen LogP contribution in [0.25, 0.3) is 33.2 Å². The molecule has 8 rings (SSSR count). The summed E-state index contributed by atoms with van der Waals surface area (Å²) in [6, 6.07) is 27.3. The average Bonchev–Trinajstić information content (AvgIpc) is 3.77. The van der Waals surface area contributed by atoms with Crippen LogP contribution in [-0.4, -0.2) is 51.7 Å². The number of benzene rings is 4. The van der Waals surface area contributed by atoms with Gasteiger partial charge < -0.3 is 18.9 Å². The number of aliphatic hydroxyl groups excluding tert-OH is 1. The van der Waals surface area contributed by atoms with Crippen molar-refractivity contribution < 1.29 is 18.7 Å². The van der Waals surface area contributed by atoms with Gasteiger partial charge in [0, 0.05) is 23.6 Å². The Morgan fingerprint density at radius 1 is 0.837 bits per heavy atom. The van der Waals surface area contributed by atoms with E-state index in [0.717, 1.165) is 5.56 Å². The first-order chi connectivity index (χ1) is 23.5. The second kappa shape index (κ2) is 11.3. The summed E-state index contributed by atoms with van der Waals surface area (Å²) in [4.78, 5) is 43.2. The van der Waals surface area contributed by atoms with E-state index in [1.807, 2.05) is 67.6 Å². The molecule has 6 aromatic rings. The molecule has 0 radical (unpaired) electrons. The average molecular weight is 678 g/mol. The van der Waals surface area contributed by atoms with Crippen molar-refractivity contribution in [1.29, 1.82) is 0 Å². The molecule has 2 aliphatic rings. The van der Waals surface area contributed by atoms with Gasteiger partial charge >= 0.3 is 0 Å². The fraction of sp³-hybridized carbons (Fsp3) is 0.270. The minimum atomic E-state index is -3.41. The lowest BCUT2D eigenvalue weighted by atomic mass is 9.82. The van der Waals surface area contributed by atoms with Crippen LogP contribution in [-0.2, 0) is 21.7 Å². The molecule has 0 saturated carbocycles. The minimum absolute atomic E-state index is 0.157. The molecule has 10 nitrogen and oxygen atoms in total. The number of para-hydroxylation sites is 2. The minimum Gasteiger partial charge on any atom is -0.396 e. The maximum atomic E-state index is 16.1. The number of aromatic amines is 2. The molecular weight excluding hydrogens is 642 g/mol. The van der Waals surface area contributed by atoms with E-state index in [4.69, 9.17) is 4.74 Å². The lowest BCUT2D eigenvalue weighted by Gasteiger charge is -2.31. The van der Waals surface area contributed by atoms with Crippen molar-refractivity contribution in [1.82, 2.24) is 19.6 Å². The van der Waals surface area contributed by atoms with Crippen LogP contribution in [0.5, 0.6) is 0 Å². The Bertz CT molecular complexity index is 2390. The van der Waals surface area contributed by atoms with Crippen molar-refractivity contribution in [3.63, 3.8) is 0 Å². The number of nitrogens with zero attached hydrogens (tertiary/aromatic N) is 3. The third-order valence-electron chi connectivity index (χ3n) is 10.3. The van der Waals surface area contributed by atoms with Crippen molar-refractivity contribution in [2.45, 2.75) is 50.2 Å². The third kappa shape index (κ3) is 4.69. The number of fused-ring (bicyclic) bond motifs is 4. The van der Waals surface area contributed by atoms with Gasteiger partial charge in [-0.2, -0.15) is 0 Å². The Hall–Kier alpha value is -5.04. The maximum Gasteiger partial charge on any atom is 0.279 e. The van der Waals surface area contributed by atoms with E-state index in [2.05, 4.69) is 10.2 Å². The van der Waals surface area contributed by atoms with E-state index in [1.54, 1.807) is 48.3 Å². The number of halogens is 1. The van der Waals surface area contributed by atoms with E-state index in [0.29, 0.717) is 44.4 Å². The van der Waals surface area contributed by atoms with Crippen LogP contribution in [0.4, 0.5) is 9.80 Å². The van der Waals surface area contributed by atoms with Crippen LogP contribution in [0, 0.1) is 5.92 Å². The summed E-state index contributed by atoms with van der Waals surface area (Å²) in [5.41, 5.74) is 1.94. The Balaban J connectivity index is 1.26. The van der Waals surface area contributed by atoms with Crippen LogP contribution < -0.4 is 16.0 Å². The molecule has 0 unspecified atom stereocenters. The number of anilines is 1. The van der Waals surface area contributed by atoms with Gasteiger partial charge in [0.1, 0.15) is 0 Å². The highest BCUT2D eigenvalue weighted by molar-refractivity contribution is 6.72. The number of ether oxygens (including phenoxy) is 1. The van der Waals surface area contributed by atoms with Gasteiger partial charge in [0.25, 0.3) is 17.0 Å². The molecule has 250 valence electrons. The lowest BCUT2D eigenvalue weighted by Crippen LogP contribution is -2.45. The molecule has 49 heavy (non-hydrogen) atoms. The third-order valence-corrected chi connectivity index (χ3v) is 12.8. The molecule has 0 aliphatic carbocycles. The van der Waals surface area contributed by atoms with E-state index in [9.17, 15) is 19.5 Å². The molecule has 3 N–H and O–H groups in total. The van der Waals surface area contributed by atoms with Crippen molar-refractivity contribution in [3.8, 4) is 11.4 Å². The monoisotopic (exact) mass is 677 g/mol. The molecule has 1 spiro atoms. The van der Waals surface area contributed by atoms with Crippen molar-refractivity contribution in [3.05, 3.63) is 123 Å². The molecule has 2 aliphatic heterocycles. The summed E-state index contributed by atoms with van der Waals surface area (Å²) in [7, 11) is -3.41. The highest BCUT2D eigenvalue weighted by Gasteiger charge is 2.66. The molecule has 1 saturated heterocycles. The fourth-order valence-electron chi connectivity index (χ4n) is 8.19. The molecule has 1 fully saturated rings. The lowest BCUT2D eigenvalue weighted by molar-refractivity contribution is -0.146. The summed E-state index contributed by atoms with van der Waals surface area (Å²) in [6.45, 7) is 5.06. The van der Waals surface area contributed by atoms with E-state index >= 15 is 4.11 Å². The Morgan fingerprint density at radius 2 is 1.45 bits per heavy atom. The highest BCUT2D eigenvalue weighted by Crippen LogP contribution is 2.60. The predicted molar refractivity (Wildman–Crippen MR) is 189 cm³/mol. The van der Waals surface area contributed by atoms with Gasteiger partial charge in [-0.1, -0.05) is 43.3 Å². The number of amides is 1. The number of aromatic nitrogens is 4. The molecule has 0 bridgehead atoms. The molecule has 4 aromatic carbocycles. The topological polar surface area (TPSA) is 125 Å². The maximum absolute atomic E-state index is 16.1. The first-order valence-electron chi connectivity index (χ1n) is 16.5. The number of hydrogen-bond donors (Lipinski definition) is 3. The van der Waals surface area contributed by atoms with Crippen molar-refractivity contribution in [2.75, 3.05) is 11.5 Å². The zero-order chi connectivity index (χ0) is 34.2. The summed E-state index contributed by atoms with van der Waals surface area (Å²) in [6.07, 6.45) is -0.470. The predicted octanol–water partition coefficient (Wildman–Crippen LogP) is 5.66. The van der Waals surface area contributed by atoms with E-state index < -0.39 is 31.6 Å². The first-order valence-corrected chi connectivity index (χ1v) is 19.4. The number of carbonyl (C=O) groups is 1. The molecule has 12 heteroatoms.